The van der Waals surface area contributed by atoms with Crippen LogP contribution in [0.25, 0.3) is 0 Å². The summed E-state index contributed by atoms with van der Waals surface area (Å²) in [6, 6.07) is 6.78. The van der Waals surface area contributed by atoms with Crippen LogP contribution in [0.2, 0.25) is 0 Å². The van der Waals surface area contributed by atoms with Crippen molar-refractivity contribution in [3.8, 4) is 5.75 Å². The van der Waals surface area contributed by atoms with Gasteiger partial charge in [0.1, 0.15) is 5.75 Å². The normalized spacial score (nSPS) is 14.4. The van der Waals surface area contributed by atoms with Gasteiger partial charge in [-0.2, -0.15) is 0 Å². The van der Waals surface area contributed by atoms with Crippen molar-refractivity contribution in [3.05, 3.63) is 29.8 Å². The molecule has 1 aromatic carbocycles. The molecular weight excluding hydrogens is 244 g/mol. The predicted molar refractivity (Wildman–Crippen MR) is 70.6 cm³/mol. The summed E-state index contributed by atoms with van der Waals surface area (Å²) < 4.78 is 5.29. The number of hydrogen-bond acceptors (Lipinski definition) is 3. The molecule has 102 valence electrons. The fourth-order valence-corrected chi connectivity index (χ4v) is 1.83. The number of amides is 2. The van der Waals surface area contributed by atoms with Gasteiger partial charge in [0.25, 0.3) is 5.91 Å². The Morgan fingerprint density at radius 2 is 1.89 bits per heavy atom. The van der Waals surface area contributed by atoms with Crippen molar-refractivity contribution >= 4 is 11.8 Å². The minimum absolute atomic E-state index is 0.0561. The quantitative estimate of drug-likeness (QED) is 0.811. The Morgan fingerprint density at radius 1 is 1.21 bits per heavy atom. The van der Waals surface area contributed by atoms with Crippen molar-refractivity contribution in [2.45, 2.75) is 26.2 Å². The van der Waals surface area contributed by atoms with Crippen LogP contribution in [-0.2, 0) is 4.79 Å². The molecule has 0 spiro atoms. The van der Waals surface area contributed by atoms with Crippen molar-refractivity contribution in [1.82, 2.24) is 10.9 Å². The van der Waals surface area contributed by atoms with E-state index in [1.165, 1.54) is 0 Å². The SMILES string of the molecule is CCOc1ccc(C(=O)NNC(=O)C2CCC2)cc1. The molecule has 2 rings (SSSR count). The lowest BCUT2D eigenvalue weighted by molar-refractivity contribution is -0.128. The van der Waals surface area contributed by atoms with Crippen molar-refractivity contribution < 1.29 is 14.3 Å². The molecule has 1 aromatic rings. The zero-order chi connectivity index (χ0) is 13.7. The number of carbonyl (C=O) groups excluding carboxylic acids is 2. The van der Waals surface area contributed by atoms with Crippen LogP contribution < -0.4 is 15.6 Å². The molecule has 5 nitrogen and oxygen atoms in total. The molecular formula is C14H18N2O3. The minimum atomic E-state index is -0.323. The van der Waals surface area contributed by atoms with Gasteiger partial charge in [-0.25, -0.2) is 0 Å². The first-order chi connectivity index (χ1) is 9.20. The summed E-state index contributed by atoms with van der Waals surface area (Å²) in [6.45, 7) is 2.49. The summed E-state index contributed by atoms with van der Waals surface area (Å²) in [5.74, 6) is 0.347. The van der Waals surface area contributed by atoms with Gasteiger partial charge in [0, 0.05) is 11.5 Å². The third-order valence-electron chi connectivity index (χ3n) is 3.20. The zero-order valence-electron chi connectivity index (χ0n) is 10.9. The maximum Gasteiger partial charge on any atom is 0.269 e. The predicted octanol–water partition coefficient (Wildman–Crippen LogP) is 1.65. The van der Waals surface area contributed by atoms with Gasteiger partial charge < -0.3 is 4.74 Å². The van der Waals surface area contributed by atoms with Gasteiger partial charge >= 0.3 is 0 Å². The molecule has 0 saturated heterocycles. The van der Waals surface area contributed by atoms with Crippen LogP contribution in [-0.4, -0.2) is 18.4 Å². The van der Waals surface area contributed by atoms with Gasteiger partial charge in [-0.05, 0) is 44.0 Å². The first kappa shape index (κ1) is 13.4. The van der Waals surface area contributed by atoms with E-state index in [4.69, 9.17) is 4.74 Å². The first-order valence-electron chi connectivity index (χ1n) is 6.53. The summed E-state index contributed by atoms with van der Waals surface area (Å²) in [6.07, 6.45) is 2.90. The van der Waals surface area contributed by atoms with Gasteiger partial charge in [-0.1, -0.05) is 6.42 Å². The van der Waals surface area contributed by atoms with E-state index >= 15 is 0 Å². The highest BCUT2D eigenvalue weighted by Crippen LogP contribution is 2.25. The van der Waals surface area contributed by atoms with Gasteiger partial charge in [-0.3, -0.25) is 20.4 Å². The minimum Gasteiger partial charge on any atom is -0.494 e. The van der Waals surface area contributed by atoms with Crippen molar-refractivity contribution in [2.75, 3.05) is 6.61 Å². The molecule has 2 N–H and O–H groups in total. The molecule has 0 bridgehead atoms. The average molecular weight is 262 g/mol. The Morgan fingerprint density at radius 3 is 2.42 bits per heavy atom. The second-order valence-corrected chi connectivity index (χ2v) is 4.53. The summed E-state index contributed by atoms with van der Waals surface area (Å²) >= 11 is 0. The Labute approximate surface area is 112 Å². The van der Waals surface area contributed by atoms with E-state index in [0.717, 1.165) is 25.0 Å². The molecule has 1 aliphatic rings. The highest BCUT2D eigenvalue weighted by atomic mass is 16.5. The number of rotatable bonds is 4. The van der Waals surface area contributed by atoms with E-state index in [-0.39, 0.29) is 17.7 Å². The van der Waals surface area contributed by atoms with E-state index in [9.17, 15) is 9.59 Å². The topological polar surface area (TPSA) is 67.4 Å². The maximum atomic E-state index is 11.8. The third-order valence-corrected chi connectivity index (χ3v) is 3.20. The lowest BCUT2D eigenvalue weighted by atomic mass is 9.85. The molecule has 1 saturated carbocycles. The number of hydrogen-bond donors (Lipinski definition) is 2. The van der Waals surface area contributed by atoms with Crippen LogP contribution in [0, 0.1) is 5.92 Å². The van der Waals surface area contributed by atoms with Gasteiger partial charge in [0.05, 0.1) is 6.61 Å². The summed E-state index contributed by atoms with van der Waals surface area (Å²) in [4.78, 5) is 23.3. The molecule has 0 aromatic heterocycles. The Bertz CT molecular complexity index is 452. The van der Waals surface area contributed by atoms with Crippen molar-refractivity contribution in [3.63, 3.8) is 0 Å². The largest absolute Gasteiger partial charge is 0.494 e. The summed E-state index contributed by atoms with van der Waals surface area (Å²) in [5.41, 5.74) is 5.36. The van der Waals surface area contributed by atoms with Gasteiger partial charge in [-0.15, -0.1) is 0 Å². The number of benzene rings is 1. The van der Waals surface area contributed by atoms with Crippen LogP contribution in [0.3, 0.4) is 0 Å². The zero-order valence-corrected chi connectivity index (χ0v) is 10.9. The smallest absolute Gasteiger partial charge is 0.269 e. The molecule has 0 heterocycles. The maximum absolute atomic E-state index is 11.8. The Hall–Kier alpha value is -2.04. The van der Waals surface area contributed by atoms with Gasteiger partial charge in [0.15, 0.2) is 0 Å². The molecule has 1 aliphatic carbocycles. The molecule has 0 atom stereocenters. The van der Waals surface area contributed by atoms with E-state index in [1.54, 1.807) is 24.3 Å². The van der Waals surface area contributed by atoms with E-state index < -0.39 is 0 Å². The monoisotopic (exact) mass is 262 g/mol. The van der Waals surface area contributed by atoms with E-state index in [2.05, 4.69) is 10.9 Å². The first-order valence-corrected chi connectivity index (χ1v) is 6.53. The molecule has 2 amide bonds. The third kappa shape index (κ3) is 3.47. The molecule has 5 heteroatoms. The highest BCUT2D eigenvalue weighted by molar-refractivity contribution is 5.95. The molecule has 19 heavy (non-hydrogen) atoms. The van der Waals surface area contributed by atoms with Crippen LogP contribution in [0.4, 0.5) is 0 Å². The van der Waals surface area contributed by atoms with Crippen molar-refractivity contribution in [2.24, 2.45) is 5.92 Å². The second-order valence-electron chi connectivity index (χ2n) is 4.53. The standard InChI is InChI=1S/C14H18N2O3/c1-2-19-12-8-6-11(7-9-12)14(18)16-15-13(17)10-4-3-5-10/h6-10H,2-5H2,1H3,(H,15,17)(H,16,18). The molecule has 0 unspecified atom stereocenters. The summed E-state index contributed by atoms with van der Waals surface area (Å²) in [5, 5.41) is 0. The number of hydrazine groups is 1. The fourth-order valence-electron chi connectivity index (χ4n) is 1.83. The highest BCUT2D eigenvalue weighted by Gasteiger charge is 2.25. The lowest BCUT2D eigenvalue weighted by Gasteiger charge is -2.23. The molecule has 0 aliphatic heterocycles. The Balaban J connectivity index is 1.83. The summed E-state index contributed by atoms with van der Waals surface area (Å²) in [7, 11) is 0. The van der Waals surface area contributed by atoms with Crippen molar-refractivity contribution in [1.29, 1.82) is 0 Å². The van der Waals surface area contributed by atoms with Gasteiger partial charge in [0.2, 0.25) is 5.91 Å². The van der Waals surface area contributed by atoms with Crippen LogP contribution >= 0.6 is 0 Å². The van der Waals surface area contributed by atoms with E-state index in [0.29, 0.717) is 12.2 Å². The van der Waals surface area contributed by atoms with Crippen LogP contribution in [0.15, 0.2) is 24.3 Å². The van der Waals surface area contributed by atoms with Crippen LogP contribution in [0.1, 0.15) is 36.5 Å². The lowest BCUT2D eigenvalue weighted by Crippen LogP contribution is -2.45. The molecule has 1 fully saturated rings. The fraction of sp³-hybridized carbons (Fsp3) is 0.429. The number of carbonyl (C=O) groups is 2. The number of ether oxygens (including phenoxy) is 1. The second kappa shape index (κ2) is 6.22. The van der Waals surface area contributed by atoms with E-state index in [1.807, 2.05) is 6.92 Å². The molecule has 0 radical (unpaired) electrons. The number of nitrogens with one attached hydrogen (secondary N) is 2. The van der Waals surface area contributed by atoms with Crippen LogP contribution in [0.5, 0.6) is 5.75 Å². The Kier molecular flexibility index (Phi) is 4.39. The average Bonchev–Trinajstić information content (AvgIpc) is 2.35.